The van der Waals surface area contributed by atoms with E-state index in [9.17, 15) is 0 Å². The maximum Gasteiger partial charge on any atom is -0.00134 e. The van der Waals surface area contributed by atoms with Crippen LogP contribution in [0.25, 0.3) is 0 Å². The van der Waals surface area contributed by atoms with Crippen molar-refractivity contribution >= 4 is 0 Å². The van der Waals surface area contributed by atoms with Crippen LogP contribution in [0.5, 0.6) is 0 Å². The summed E-state index contributed by atoms with van der Waals surface area (Å²) in [5.41, 5.74) is 6.43. The number of piperidine rings is 1. The van der Waals surface area contributed by atoms with E-state index in [1.54, 1.807) is 0 Å². The summed E-state index contributed by atoms with van der Waals surface area (Å²) in [6, 6.07) is 0. The molecule has 0 radical (unpaired) electrons. The van der Waals surface area contributed by atoms with E-state index >= 15 is 0 Å². The molecule has 0 aromatic carbocycles. The molecule has 2 N–H and O–H groups in total. The number of nitrogens with two attached hydrogens (primary N) is 1. The van der Waals surface area contributed by atoms with E-state index in [-0.39, 0.29) is 0 Å². The average molecular weight is 252 g/mol. The van der Waals surface area contributed by atoms with E-state index < -0.39 is 0 Å². The maximum atomic E-state index is 5.67. The number of hydrogen-bond donors (Lipinski definition) is 1. The molecule has 2 nitrogen and oxygen atoms in total. The minimum atomic E-state index is 0.708. The fourth-order valence-corrected chi connectivity index (χ4v) is 3.83. The van der Waals surface area contributed by atoms with Crippen LogP contribution in [-0.4, -0.2) is 31.1 Å². The summed E-state index contributed by atoms with van der Waals surface area (Å²) in [6.45, 7) is 7.14. The molecule has 0 aromatic heterocycles. The Labute approximate surface area is 113 Å². The topological polar surface area (TPSA) is 29.3 Å². The average Bonchev–Trinajstić information content (AvgIpc) is 2.42. The van der Waals surface area contributed by atoms with Gasteiger partial charge in [0.25, 0.3) is 0 Å². The highest BCUT2D eigenvalue weighted by molar-refractivity contribution is 4.88. The minimum absolute atomic E-state index is 0.708. The predicted molar refractivity (Wildman–Crippen MR) is 78.6 cm³/mol. The van der Waals surface area contributed by atoms with Gasteiger partial charge in [-0.05, 0) is 76.0 Å². The summed E-state index contributed by atoms with van der Waals surface area (Å²) < 4.78 is 0. The van der Waals surface area contributed by atoms with Gasteiger partial charge in [-0.3, -0.25) is 0 Å². The van der Waals surface area contributed by atoms with Crippen LogP contribution in [0.1, 0.15) is 64.7 Å². The first kappa shape index (κ1) is 14.3. The standard InChI is InChI=1S/C16H32N2/c1-15(14-17)6-5-11-18-12-9-16(10-13-18)7-3-2-4-8-16/h15H,2-14,17H2,1H3. The van der Waals surface area contributed by atoms with Crippen molar-refractivity contribution in [3.8, 4) is 0 Å². The fraction of sp³-hybridized carbons (Fsp3) is 1.00. The molecule has 1 aliphatic heterocycles. The van der Waals surface area contributed by atoms with E-state index in [2.05, 4.69) is 11.8 Å². The predicted octanol–water partition coefficient (Wildman–Crippen LogP) is 3.41. The third-order valence-corrected chi connectivity index (χ3v) is 5.40. The van der Waals surface area contributed by atoms with Gasteiger partial charge in [0.05, 0.1) is 0 Å². The van der Waals surface area contributed by atoms with Crippen molar-refractivity contribution in [3.05, 3.63) is 0 Å². The highest BCUT2D eigenvalue weighted by Gasteiger charge is 2.35. The van der Waals surface area contributed by atoms with Crippen molar-refractivity contribution in [2.24, 2.45) is 17.1 Å². The molecule has 0 bridgehead atoms. The molecule has 2 rings (SSSR count). The van der Waals surface area contributed by atoms with Crippen LogP contribution < -0.4 is 5.73 Å². The molecule has 1 atom stereocenters. The summed E-state index contributed by atoms with van der Waals surface area (Å²) in [4.78, 5) is 2.70. The molecule has 2 aliphatic rings. The Morgan fingerprint density at radius 1 is 1.06 bits per heavy atom. The van der Waals surface area contributed by atoms with Crippen LogP contribution >= 0.6 is 0 Å². The van der Waals surface area contributed by atoms with E-state index in [0.717, 1.165) is 12.0 Å². The van der Waals surface area contributed by atoms with Crippen molar-refractivity contribution in [2.45, 2.75) is 64.7 Å². The first-order valence-corrected chi connectivity index (χ1v) is 8.16. The minimum Gasteiger partial charge on any atom is -0.330 e. The van der Waals surface area contributed by atoms with Gasteiger partial charge >= 0.3 is 0 Å². The third kappa shape index (κ3) is 3.96. The van der Waals surface area contributed by atoms with Gasteiger partial charge in [0.1, 0.15) is 0 Å². The van der Waals surface area contributed by atoms with Crippen molar-refractivity contribution in [3.63, 3.8) is 0 Å². The summed E-state index contributed by atoms with van der Waals surface area (Å²) in [7, 11) is 0. The zero-order chi connectivity index (χ0) is 12.8. The molecular weight excluding hydrogens is 220 g/mol. The Hall–Kier alpha value is -0.0800. The summed E-state index contributed by atoms with van der Waals surface area (Å²) >= 11 is 0. The lowest BCUT2D eigenvalue weighted by molar-refractivity contribution is 0.0665. The van der Waals surface area contributed by atoms with Gasteiger partial charge < -0.3 is 10.6 Å². The van der Waals surface area contributed by atoms with Crippen molar-refractivity contribution in [1.82, 2.24) is 4.90 Å². The molecule has 1 saturated heterocycles. The Bertz CT molecular complexity index is 223. The molecule has 0 amide bonds. The molecule has 106 valence electrons. The van der Waals surface area contributed by atoms with Gasteiger partial charge in [-0.2, -0.15) is 0 Å². The molecule has 1 saturated carbocycles. The van der Waals surface area contributed by atoms with Crippen LogP contribution in [0.3, 0.4) is 0 Å². The highest BCUT2D eigenvalue weighted by Crippen LogP contribution is 2.44. The number of rotatable bonds is 5. The lowest BCUT2D eigenvalue weighted by atomic mass is 9.68. The van der Waals surface area contributed by atoms with Crippen LogP contribution in [-0.2, 0) is 0 Å². The van der Waals surface area contributed by atoms with Gasteiger partial charge in [0.15, 0.2) is 0 Å². The number of likely N-dealkylation sites (tertiary alicyclic amines) is 1. The van der Waals surface area contributed by atoms with Crippen LogP contribution in [0.15, 0.2) is 0 Å². The number of nitrogens with zero attached hydrogens (tertiary/aromatic N) is 1. The summed E-state index contributed by atoms with van der Waals surface area (Å²) in [5, 5.41) is 0. The Morgan fingerprint density at radius 2 is 1.72 bits per heavy atom. The van der Waals surface area contributed by atoms with Crippen molar-refractivity contribution in [2.75, 3.05) is 26.2 Å². The van der Waals surface area contributed by atoms with Gasteiger partial charge in [0.2, 0.25) is 0 Å². The highest BCUT2D eigenvalue weighted by atomic mass is 15.1. The van der Waals surface area contributed by atoms with Crippen LogP contribution in [0.4, 0.5) is 0 Å². The first-order valence-electron chi connectivity index (χ1n) is 8.16. The molecule has 2 heteroatoms. The molecule has 18 heavy (non-hydrogen) atoms. The van der Waals surface area contributed by atoms with Crippen molar-refractivity contribution in [1.29, 1.82) is 0 Å². The molecule has 1 unspecified atom stereocenters. The van der Waals surface area contributed by atoms with Gasteiger partial charge in [0, 0.05) is 0 Å². The largest absolute Gasteiger partial charge is 0.330 e. The molecule has 0 aromatic rings. The monoisotopic (exact) mass is 252 g/mol. The summed E-state index contributed by atoms with van der Waals surface area (Å²) in [5.74, 6) is 0.708. The zero-order valence-corrected chi connectivity index (χ0v) is 12.3. The molecule has 2 fully saturated rings. The molecule has 1 aliphatic carbocycles. The Morgan fingerprint density at radius 3 is 2.33 bits per heavy atom. The van der Waals surface area contributed by atoms with Gasteiger partial charge in [-0.15, -0.1) is 0 Å². The molecule has 1 spiro atoms. The first-order chi connectivity index (χ1) is 8.74. The molecule has 1 heterocycles. The lowest BCUT2D eigenvalue weighted by Crippen LogP contribution is -2.41. The Kier molecular flexibility index (Phi) is 5.50. The maximum absolute atomic E-state index is 5.67. The fourth-order valence-electron chi connectivity index (χ4n) is 3.83. The third-order valence-electron chi connectivity index (χ3n) is 5.40. The van der Waals surface area contributed by atoms with E-state index in [1.807, 2.05) is 0 Å². The second-order valence-electron chi connectivity index (χ2n) is 6.89. The quantitative estimate of drug-likeness (QED) is 0.812. The summed E-state index contributed by atoms with van der Waals surface area (Å²) in [6.07, 6.45) is 13.1. The van der Waals surface area contributed by atoms with E-state index in [1.165, 1.54) is 77.4 Å². The van der Waals surface area contributed by atoms with Crippen LogP contribution in [0, 0.1) is 11.3 Å². The van der Waals surface area contributed by atoms with Gasteiger partial charge in [-0.1, -0.05) is 26.2 Å². The van der Waals surface area contributed by atoms with E-state index in [0.29, 0.717) is 5.92 Å². The zero-order valence-electron chi connectivity index (χ0n) is 12.3. The molecular formula is C16H32N2. The second-order valence-corrected chi connectivity index (χ2v) is 6.89. The Balaban J connectivity index is 1.64. The smallest absolute Gasteiger partial charge is 0.00134 e. The number of hydrogen-bond acceptors (Lipinski definition) is 2. The van der Waals surface area contributed by atoms with Gasteiger partial charge in [-0.25, -0.2) is 0 Å². The van der Waals surface area contributed by atoms with Crippen LogP contribution in [0.2, 0.25) is 0 Å². The second kappa shape index (κ2) is 6.91. The SMILES string of the molecule is CC(CN)CCCN1CCC2(CCCCC2)CC1. The van der Waals surface area contributed by atoms with E-state index in [4.69, 9.17) is 5.73 Å². The normalized spacial score (nSPS) is 26.3. The van der Waals surface area contributed by atoms with Crippen molar-refractivity contribution < 1.29 is 0 Å². The lowest BCUT2D eigenvalue weighted by Gasteiger charge is -2.44.